The molecule has 0 saturated carbocycles. The van der Waals surface area contributed by atoms with Crippen LogP contribution < -0.4 is 11.1 Å². The number of amides is 2. The van der Waals surface area contributed by atoms with Gasteiger partial charge in [-0.05, 0) is 48.2 Å². The van der Waals surface area contributed by atoms with E-state index in [4.69, 9.17) is 5.73 Å². The van der Waals surface area contributed by atoms with Crippen molar-refractivity contribution in [3.63, 3.8) is 0 Å². The molecule has 0 aromatic heterocycles. The predicted octanol–water partition coefficient (Wildman–Crippen LogP) is 2.57. The van der Waals surface area contributed by atoms with Crippen LogP contribution in [-0.2, 0) is 22.2 Å². The summed E-state index contributed by atoms with van der Waals surface area (Å²) in [6, 6.07) is 8.08. The molecule has 0 aliphatic carbocycles. The van der Waals surface area contributed by atoms with E-state index in [0.717, 1.165) is 41.0 Å². The molecule has 0 saturated heterocycles. The number of alkyl halides is 3. The smallest absolute Gasteiger partial charge is 0.378 e. The Bertz CT molecular complexity index is 844. The zero-order valence-electron chi connectivity index (χ0n) is 15.4. The van der Waals surface area contributed by atoms with Gasteiger partial charge >= 0.3 is 6.18 Å². The number of carbonyl (C=O) groups excluding carboxylic acids is 2. The van der Waals surface area contributed by atoms with E-state index in [1.54, 1.807) is 0 Å². The fraction of sp³-hybridized carbons (Fsp3) is 0.300. The Kier molecular flexibility index (Phi) is 6.45. The molecule has 2 aromatic carbocycles. The third kappa shape index (κ3) is 5.10. The number of nitrogens with two attached hydrogens (primary N) is 1. The summed E-state index contributed by atoms with van der Waals surface area (Å²) in [5, 5.41) is 12.5. The highest BCUT2D eigenvalue weighted by Crippen LogP contribution is 2.30. The SMILES string of the molecule is Cc1cccc(C)c1C[C@@H](NC(=O)[C@H](O)c1ccc(C(F)(F)F)cc1)C(N)=O. The van der Waals surface area contributed by atoms with Gasteiger partial charge in [-0.25, -0.2) is 0 Å². The molecule has 0 heterocycles. The van der Waals surface area contributed by atoms with Crippen LogP contribution in [0.4, 0.5) is 13.2 Å². The normalized spacial score (nSPS) is 13.6. The molecule has 28 heavy (non-hydrogen) atoms. The van der Waals surface area contributed by atoms with Crippen molar-refractivity contribution in [2.75, 3.05) is 0 Å². The Hall–Kier alpha value is -2.87. The van der Waals surface area contributed by atoms with E-state index >= 15 is 0 Å². The number of primary amides is 1. The van der Waals surface area contributed by atoms with Gasteiger partial charge in [0.05, 0.1) is 5.56 Å². The lowest BCUT2D eigenvalue weighted by Crippen LogP contribution is -2.47. The zero-order valence-corrected chi connectivity index (χ0v) is 15.4. The third-order valence-electron chi connectivity index (χ3n) is 4.51. The van der Waals surface area contributed by atoms with Crippen molar-refractivity contribution in [2.45, 2.75) is 38.6 Å². The molecule has 150 valence electrons. The number of nitrogens with one attached hydrogen (secondary N) is 1. The van der Waals surface area contributed by atoms with Crippen LogP contribution in [0.3, 0.4) is 0 Å². The Balaban J connectivity index is 2.14. The van der Waals surface area contributed by atoms with E-state index in [1.807, 2.05) is 32.0 Å². The van der Waals surface area contributed by atoms with Gasteiger partial charge in [0, 0.05) is 6.42 Å². The molecule has 8 heteroatoms. The number of hydrogen-bond donors (Lipinski definition) is 3. The van der Waals surface area contributed by atoms with Gasteiger partial charge in [0.2, 0.25) is 5.91 Å². The van der Waals surface area contributed by atoms with Crippen LogP contribution in [-0.4, -0.2) is 23.0 Å². The third-order valence-corrected chi connectivity index (χ3v) is 4.51. The average molecular weight is 394 g/mol. The summed E-state index contributed by atoms with van der Waals surface area (Å²) in [4.78, 5) is 24.1. The first-order valence-corrected chi connectivity index (χ1v) is 8.50. The molecule has 5 nitrogen and oxygen atoms in total. The van der Waals surface area contributed by atoms with Crippen LogP contribution in [0, 0.1) is 13.8 Å². The summed E-state index contributed by atoms with van der Waals surface area (Å²) in [6.45, 7) is 3.72. The summed E-state index contributed by atoms with van der Waals surface area (Å²) in [5.74, 6) is -1.70. The minimum atomic E-state index is -4.52. The molecule has 0 spiro atoms. The first kappa shape index (κ1) is 21.4. The maximum Gasteiger partial charge on any atom is 0.416 e. The molecule has 2 aromatic rings. The molecule has 0 aliphatic rings. The van der Waals surface area contributed by atoms with Crippen LogP contribution >= 0.6 is 0 Å². The van der Waals surface area contributed by atoms with Crippen molar-refractivity contribution in [2.24, 2.45) is 5.73 Å². The highest BCUT2D eigenvalue weighted by Gasteiger charge is 2.31. The predicted molar refractivity (Wildman–Crippen MR) is 97.1 cm³/mol. The van der Waals surface area contributed by atoms with E-state index in [1.165, 1.54) is 0 Å². The molecular formula is C20H21F3N2O3. The van der Waals surface area contributed by atoms with Gasteiger partial charge in [0.1, 0.15) is 6.04 Å². The van der Waals surface area contributed by atoms with Crippen molar-refractivity contribution in [3.05, 3.63) is 70.3 Å². The molecule has 2 atom stereocenters. The summed E-state index contributed by atoms with van der Waals surface area (Å²) < 4.78 is 37.9. The first-order valence-electron chi connectivity index (χ1n) is 8.50. The van der Waals surface area contributed by atoms with Crippen molar-refractivity contribution in [1.29, 1.82) is 0 Å². The number of hydrogen-bond acceptors (Lipinski definition) is 3. The van der Waals surface area contributed by atoms with Crippen molar-refractivity contribution < 1.29 is 27.9 Å². The van der Waals surface area contributed by atoms with Crippen LogP contribution in [0.15, 0.2) is 42.5 Å². The van der Waals surface area contributed by atoms with Crippen LogP contribution in [0.2, 0.25) is 0 Å². The second-order valence-corrected chi connectivity index (χ2v) is 6.56. The maximum absolute atomic E-state index is 12.6. The summed E-state index contributed by atoms with van der Waals surface area (Å²) >= 11 is 0. The Morgan fingerprint density at radius 3 is 2.07 bits per heavy atom. The minimum Gasteiger partial charge on any atom is -0.378 e. The largest absolute Gasteiger partial charge is 0.416 e. The van der Waals surface area contributed by atoms with Crippen molar-refractivity contribution >= 4 is 11.8 Å². The van der Waals surface area contributed by atoms with E-state index in [0.29, 0.717) is 0 Å². The van der Waals surface area contributed by atoms with Crippen LogP contribution in [0.25, 0.3) is 0 Å². The van der Waals surface area contributed by atoms with Gasteiger partial charge in [-0.15, -0.1) is 0 Å². The lowest BCUT2D eigenvalue weighted by atomic mass is 9.96. The lowest BCUT2D eigenvalue weighted by Gasteiger charge is -2.20. The van der Waals surface area contributed by atoms with E-state index < -0.39 is 35.7 Å². The monoisotopic (exact) mass is 394 g/mol. The van der Waals surface area contributed by atoms with E-state index in [9.17, 15) is 27.9 Å². The second kappa shape index (κ2) is 8.43. The van der Waals surface area contributed by atoms with E-state index in [2.05, 4.69) is 5.32 Å². The lowest BCUT2D eigenvalue weighted by molar-refractivity contribution is -0.137. The van der Waals surface area contributed by atoms with Crippen molar-refractivity contribution in [1.82, 2.24) is 5.32 Å². The first-order chi connectivity index (χ1) is 13.0. The average Bonchev–Trinajstić information content (AvgIpc) is 2.62. The van der Waals surface area contributed by atoms with Gasteiger partial charge in [-0.3, -0.25) is 9.59 Å². The van der Waals surface area contributed by atoms with Gasteiger partial charge in [-0.2, -0.15) is 13.2 Å². The number of aliphatic hydroxyl groups excluding tert-OH is 1. The fourth-order valence-electron chi connectivity index (χ4n) is 2.85. The molecule has 0 fully saturated rings. The van der Waals surface area contributed by atoms with Gasteiger partial charge < -0.3 is 16.2 Å². The number of aliphatic hydroxyl groups is 1. The molecule has 2 rings (SSSR count). The zero-order chi connectivity index (χ0) is 21.1. The van der Waals surface area contributed by atoms with Gasteiger partial charge in [0.25, 0.3) is 5.91 Å². The maximum atomic E-state index is 12.6. The second-order valence-electron chi connectivity index (χ2n) is 6.56. The number of aryl methyl sites for hydroxylation is 2. The van der Waals surface area contributed by atoms with Gasteiger partial charge in [0.15, 0.2) is 6.10 Å². The molecule has 2 amide bonds. The summed E-state index contributed by atoms with van der Waals surface area (Å²) in [7, 11) is 0. The molecule has 0 unspecified atom stereocenters. The number of carbonyl (C=O) groups is 2. The highest BCUT2D eigenvalue weighted by atomic mass is 19.4. The topological polar surface area (TPSA) is 92.4 Å². The molecular weight excluding hydrogens is 373 g/mol. The van der Waals surface area contributed by atoms with Crippen LogP contribution in [0.5, 0.6) is 0 Å². The Morgan fingerprint density at radius 2 is 1.61 bits per heavy atom. The molecule has 4 N–H and O–H groups in total. The standard InChI is InChI=1S/C20H21F3N2O3/c1-11-4-3-5-12(2)15(11)10-16(18(24)27)25-19(28)17(26)13-6-8-14(9-7-13)20(21,22)23/h3-9,16-17,26H,10H2,1-2H3,(H2,24,27)(H,25,28)/t16-,17-/m1/s1. The molecule has 0 aliphatic heterocycles. The number of halogens is 3. The van der Waals surface area contributed by atoms with Crippen molar-refractivity contribution in [3.8, 4) is 0 Å². The number of benzene rings is 2. The minimum absolute atomic E-state index is 0.0270. The highest BCUT2D eigenvalue weighted by molar-refractivity contribution is 5.89. The summed E-state index contributed by atoms with van der Waals surface area (Å²) in [6.07, 6.45) is -6.12. The summed E-state index contributed by atoms with van der Waals surface area (Å²) in [5.41, 5.74) is 7.14. The molecule has 0 bridgehead atoms. The van der Waals surface area contributed by atoms with Crippen LogP contribution in [0.1, 0.15) is 33.9 Å². The Morgan fingerprint density at radius 1 is 1.07 bits per heavy atom. The van der Waals surface area contributed by atoms with E-state index in [-0.39, 0.29) is 12.0 Å². The Labute approximate surface area is 160 Å². The molecule has 0 radical (unpaired) electrons. The fourth-order valence-corrected chi connectivity index (χ4v) is 2.85. The quantitative estimate of drug-likeness (QED) is 0.703. The van der Waals surface area contributed by atoms with Gasteiger partial charge in [-0.1, -0.05) is 30.3 Å². The number of rotatable bonds is 6.